The van der Waals surface area contributed by atoms with Crippen LogP contribution >= 0.6 is 11.8 Å². The molecule has 0 aromatic heterocycles. The van der Waals surface area contributed by atoms with E-state index in [4.69, 9.17) is 0 Å². The molecule has 104 valence electrons. The summed E-state index contributed by atoms with van der Waals surface area (Å²) in [7, 11) is 0. The monoisotopic (exact) mass is 296 g/mol. The maximum absolute atomic E-state index is 11.9. The average Bonchev–Trinajstić information content (AvgIpc) is 2.82. The van der Waals surface area contributed by atoms with Gasteiger partial charge in [0.25, 0.3) is 5.91 Å². The molecule has 0 saturated carbocycles. The number of phenolic OH excluding ortho intramolecular Hbond substituents is 1. The molecule has 2 N–H and O–H groups in total. The highest BCUT2D eigenvalue weighted by atomic mass is 32.2. The van der Waals surface area contributed by atoms with E-state index in [1.165, 1.54) is 11.8 Å². The standard InChI is InChI=1S/C16H12N2O2S/c19-13-8-6-11(7-9-13)10-14-15(20)18-16(21-14)17-12-4-2-1-3-5-12/h1-10,19H,(H,17,18,20)/b14-10+. The van der Waals surface area contributed by atoms with E-state index in [1.54, 1.807) is 30.3 Å². The van der Waals surface area contributed by atoms with Crippen molar-refractivity contribution in [3.05, 3.63) is 65.1 Å². The first-order valence-corrected chi connectivity index (χ1v) is 7.16. The third kappa shape index (κ3) is 3.32. The van der Waals surface area contributed by atoms with E-state index in [9.17, 15) is 9.90 Å². The summed E-state index contributed by atoms with van der Waals surface area (Å²) < 4.78 is 0. The van der Waals surface area contributed by atoms with Gasteiger partial charge in [-0.1, -0.05) is 30.3 Å². The Labute approximate surface area is 126 Å². The first kappa shape index (κ1) is 13.5. The van der Waals surface area contributed by atoms with Crippen LogP contribution in [0.25, 0.3) is 6.08 Å². The number of nitrogens with one attached hydrogen (secondary N) is 1. The third-order valence-corrected chi connectivity index (χ3v) is 3.74. The lowest BCUT2D eigenvalue weighted by Gasteiger charge is -1.95. The molecule has 0 unspecified atom stereocenters. The Balaban J connectivity index is 1.82. The second-order valence-electron chi connectivity index (χ2n) is 4.41. The molecule has 1 fully saturated rings. The number of rotatable bonds is 2. The van der Waals surface area contributed by atoms with Gasteiger partial charge in [-0.15, -0.1) is 0 Å². The molecular formula is C16H12N2O2S. The van der Waals surface area contributed by atoms with E-state index in [-0.39, 0.29) is 11.7 Å². The van der Waals surface area contributed by atoms with Gasteiger partial charge in [0.05, 0.1) is 10.6 Å². The first-order chi connectivity index (χ1) is 10.2. The average molecular weight is 296 g/mol. The van der Waals surface area contributed by atoms with E-state index in [0.717, 1.165) is 11.3 Å². The topological polar surface area (TPSA) is 61.7 Å². The molecule has 0 radical (unpaired) electrons. The van der Waals surface area contributed by atoms with Crippen LogP contribution in [0.15, 0.2) is 64.5 Å². The number of hydrogen-bond acceptors (Lipinski definition) is 4. The lowest BCUT2D eigenvalue weighted by atomic mass is 10.2. The zero-order valence-electron chi connectivity index (χ0n) is 11.0. The highest BCUT2D eigenvalue weighted by Gasteiger charge is 2.23. The van der Waals surface area contributed by atoms with Gasteiger partial charge in [-0.2, -0.15) is 0 Å². The van der Waals surface area contributed by atoms with E-state index >= 15 is 0 Å². The fourth-order valence-corrected chi connectivity index (χ4v) is 2.66. The molecule has 2 aromatic carbocycles. The summed E-state index contributed by atoms with van der Waals surface area (Å²) in [6.45, 7) is 0. The Kier molecular flexibility index (Phi) is 3.75. The fraction of sp³-hybridized carbons (Fsp3) is 0. The van der Waals surface area contributed by atoms with Crippen LogP contribution in [0.4, 0.5) is 5.69 Å². The fourth-order valence-electron chi connectivity index (χ4n) is 1.82. The van der Waals surface area contributed by atoms with Crippen molar-refractivity contribution in [3.8, 4) is 5.75 Å². The van der Waals surface area contributed by atoms with Gasteiger partial charge in [-0.05, 0) is 47.7 Å². The molecule has 0 bridgehead atoms. The molecule has 1 aliphatic rings. The Bertz CT molecular complexity index is 722. The zero-order valence-corrected chi connectivity index (χ0v) is 11.8. The number of aliphatic imine (C=N–C) groups is 1. The quantitative estimate of drug-likeness (QED) is 0.836. The predicted octanol–water partition coefficient (Wildman–Crippen LogP) is 3.28. The number of nitrogens with zero attached hydrogens (tertiary/aromatic N) is 1. The largest absolute Gasteiger partial charge is 0.508 e. The summed E-state index contributed by atoms with van der Waals surface area (Å²) in [6, 6.07) is 16.1. The summed E-state index contributed by atoms with van der Waals surface area (Å²) in [5.74, 6) is 0.0368. The lowest BCUT2D eigenvalue weighted by Crippen LogP contribution is -2.19. The van der Waals surface area contributed by atoms with E-state index in [1.807, 2.05) is 30.3 Å². The molecule has 3 rings (SSSR count). The minimum Gasteiger partial charge on any atom is -0.508 e. The van der Waals surface area contributed by atoms with Crippen LogP contribution in [0, 0.1) is 0 Å². The van der Waals surface area contributed by atoms with Crippen LogP contribution in [0.1, 0.15) is 5.56 Å². The normalized spacial score (nSPS) is 18.2. The number of hydrogen-bond donors (Lipinski definition) is 2. The minimum atomic E-state index is -0.164. The number of carbonyl (C=O) groups excluding carboxylic acids is 1. The maximum atomic E-state index is 11.9. The predicted molar refractivity (Wildman–Crippen MR) is 85.4 cm³/mol. The second-order valence-corrected chi connectivity index (χ2v) is 5.44. The highest BCUT2D eigenvalue weighted by Crippen LogP contribution is 2.28. The van der Waals surface area contributed by atoms with Gasteiger partial charge in [-0.3, -0.25) is 4.79 Å². The van der Waals surface area contributed by atoms with Crippen molar-refractivity contribution in [2.45, 2.75) is 0 Å². The van der Waals surface area contributed by atoms with Crippen molar-refractivity contribution in [2.24, 2.45) is 4.99 Å². The van der Waals surface area contributed by atoms with Gasteiger partial charge >= 0.3 is 0 Å². The lowest BCUT2D eigenvalue weighted by molar-refractivity contribution is -0.115. The molecule has 1 aliphatic heterocycles. The first-order valence-electron chi connectivity index (χ1n) is 6.34. The molecule has 2 aromatic rings. The number of benzene rings is 2. The molecule has 1 saturated heterocycles. The van der Waals surface area contributed by atoms with Crippen LogP contribution in [-0.2, 0) is 4.79 Å². The summed E-state index contributed by atoms with van der Waals surface area (Å²) >= 11 is 1.30. The van der Waals surface area contributed by atoms with E-state index < -0.39 is 0 Å². The Morgan fingerprint density at radius 2 is 1.76 bits per heavy atom. The number of phenols is 1. The van der Waals surface area contributed by atoms with E-state index in [0.29, 0.717) is 10.1 Å². The number of thioether (sulfide) groups is 1. The van der Waals surface area contributed by atoms with Crippen molar-refractivity contribution in [1.29, 1.82) is 0 Å². The molecule has 1 heterocycles. The van der Waals surface area contributed by atoms with Gasteiger partial charge < -0.3 is 10.4 Å². The van der Waals surface area contributed by atoms with Crippen LogP contribution in [0.3, 0.4) is 0 Å². The molecule has 21 heavy (non-hydrogen) atoms. The third-order valence-electron chi connectivity index (χ3n) is 2.83. The maximum Gasteiger partial charge on any atom is 0.264 e. The van der Waals surface area contributed by atoms with Crippen LogP contribution < -0.4 is 5.32 Å². The Hall–Kier alpha value is -2.53. The van der Waals surface area contributed by atoms with Crippen molar-refractivity contribution < 1.29 is 9.90 Å². The molecule has 4 nitrogen and oxygen atoms in total. The number of carbonyl (C=O) groups is 1. The molecule has 0 atom stereocenters. The number of amidine groups is 1. The highest BCUT2D eigenvalue weighted by molar-refractivity contribution is 8.18. The van der Waals surface area contributed by atoms with Gasteiger partial charge in [0.2, 0.25) is 0 Å². The molecule has 1 amide bonds. The molecule has 5 heteroatoms. The Morgan fingerprint density at radius 3 is 2.48 bits per heavy atom. The van der Waals surface area contributed by atoms with Crippen LogP contribution in [0.2, 0.25) is 0 Å². The molecular weight excluding hydrogens is 284 g/mol. The number of para-hydroxylation sites is 1. The van der Waals surface area contributed by atoms with Crippen molar-refractivity contribution in [2.75, 3.05) is 0 Å². The van der Waals surface area contributed by atoms with Crippen LogP contribution in [0.5, 0.6) is 5.75 Å². The zero-order chi connectivity index (χ0) is 14.7. The SMILES string of the molecule is O=C1NC(=Nc2ccccc2)S/C1=C/c1ccc(O)cc1. The van der Waals surface area contributed by atoms with Gasteiger partial charge in [-0.25, -0.2) is 4.99 Å². The summed E-state index contributed by atoms with van der Waals surface area (Å²) in [5.41, 5.74) is 1.65. The molecule has 0 spiro atoms. The summed E-state index contributed by atoms with van der Waals surface area (Å²) in [5, 5.41) is 12.6. The van der Waals surface area contributed by atoms with Crippen LogP contribution in [-0.4, -0.2) is 16.2 Å². The summed E-state index contributed by atoms with van der Waals surface area (Å²) in [4.78, 5) is 16.9. The second kappa shape index (κ2) is 5.85. The van der Waals surface area contributed by atoms with Gasteiger partial charge in [0, 0.05) is 0 Å². The number of aromatic hydroxyl groups is 1. The minimum absolute atomic E-state index is 0.164. The van der Waals surface area contributed by atoms with Gasteiger partial charge in [0.15, 0.2) is 5.17 Å². The molecule has 0 aliphatic carbocycles. The van der Waals surface area contributed by atoms with Gasteiger partial charge in [0.1, 0.15) is 5.75 Å². The Morgan fingerprint density at radius 1 is 1.05 bits per heavy atom. The van der Waals surface area contributed by atoms with Crippen molar-refractivity contribution in [3.63, 3.8) is 0 Å². The number of amides is 1. The smallest absolute Gasteiger partial charge is 0.264 e. The summed E-state index contributed by atoms with van der Waals surface area (Å²) in [6.07, 6.45) is 1.77. The van der Waals surface area contributed by atoms with E-state index in [2.05, 4.69) is 10.3 Å². The van der Waals surface area contributed by atoms with Crippen molar-refractivity contribution in [1.82, 2.24) is 5.32 Å². The van der Waals surface area contributed by atoms with Crippen molar-refractivity contribution >= 4 is 34.6 Å².